The zero-order valence-corrected chi connectivity index (χ0v) is 13.4. The third-order valence-corrected chi connectivity index (χ3v) is 4.45. The average Bonchev–Trinajstić information content (AvgIpc) is 3.24. The second-order valence-electron chi connectivity index (χ2n) is 5.82. The maximum Gasteiger partial charge on any atom is 0.241 e. The van der Waals surface area contributed by atoms with Crippen molar-refractivity contribution in [1.29, 1.82) is 0 Å². The maximum atomic E-state index is 12.3. The van der Waals surface area contributed by atoms with Crippen LogP contribution in [0.25, 0.3) is 0 Å². The monoisotopic (exact) mass is 332 g/mol. The fourth-order valence-corrected chi connectivity index (χ4v) is 2.70. The Morgan fingerprint density at radius 1 is 1.39 bits per heavy atom. The van der Waals surface area contributed by atoms with E-state index in [2.05, 4.69) is 10.4 Å². The van der Waals surface area contributed by atoms with Crippen molar-refractivity contribution in [3.8, 4) is 0 Å². The zero-order chi connectivity index (χ0) is 16.6. The first-order chi connectivity index (χ1) is 10.9. The third kappa shape index (κ3) is 2.94. The molecular weight excluding hydrogens is 316 g/mol. The summed E-state index contributed by atoms with van der Waals surface area (Å²) in [6.45, 7) is 2.26. The number of hydrogen-bond acceptors (Lipinski definition) is 3. The molecule has 120 valence electrons. The van der Waals surface area contributed by atoms with Crippen LogP contribution in [0.1, 0.15) is 24.1 Å². The van der Waals surface area contributed by atoms with Gasteiger partial charge in [0.1, 0.15) is 11.2 Å². The number of hydrogen-bond donors (Lipinski definition) is 2. The lowest BCUT2D eigenvalue weighted by Crippen LogP contribution is -2.36. The minimum atomic E-state index is -1.06. The summed E-state index contributed by atoms with van der Waals surface area (Å²) >= 11 is 6.17. The fraction of sp³-hybridized carbons (Fsp3) is 0.312. The number of benzene rings is 1. The van der Waals surface area contributed by atoms with E-state index in [9.17, 15) is 9.59 Å². The summed E-state index contributed by atoms with van der Waals surface area (Å²) in [4.78, 5) is 23.8. The molecule has 1 aliphatic carbocycles. The molecule has 2 amide bonds. The van der Waals surface area contributed by atoms with E-state index in [4.69, 9.17) is 17.3 Å². The average molecular weight is 333 g/mol. The second kappa shape index (κ2) is 5.70. The lowest BCUT2D eigenvalue weighted by molar-refractivity contribution is -0.132. The standard InChI is InChI=1S/C16H17ClN4O2/c1-10-8-13(19-15(23)16(6-7-16)14(18)22)21(20-10)9-11-4-2-3-5-12(11)17/h2-5,8H,6-7,9H2,1H3,(H2,18,22)(H,19,23). The quantitative estimate of drug-likeness (QED) is 0.821. The van der Waals surface area contributed by atoms with Crippen molar-refractivity contribution >= 4 is 29.2 Å². The summed E-state index contributed by atoms with van der Waals surface area (Å²) in [7, 11) is 0. The highest BCUT2D eigenvalue weighted by Crippen LogP contribution is 2.46. The van der Waals surface area contributed by atoms with Gasteiger partial charge in [-0.3, -0.25) is 9.59 Å². The van der Waals surface area contributed by atoms with Gasteiger partial charge in [-0.15, -0.1) is 0 Å². The van der Waals surface area contributed by atoms with Crippen molar-refractivity contribution in [3.63, 3.8) is 0 Å². The molecule has 0 bridgehead atoms. The predicted octanol–water partition coefficient (Wildman–Crippen LogP) is 2.10. The number of carbonyl (C=O) groups is 2. The lowest BCUT2D eigenvalue weighted by Gasteiger charge is -2.13. The number of nitrogens with two attached hydrogens (primary N) is 1. The normalized spacial score (nSPS) is 15.2. The van der Waals surface area contributed by atoms with Gasteiger partial charge in [-0.25, -0.2) is 4.68 Å². The van der Waals surface area contributed by atoms with Gasteiger partial charge in [0.15, 0.2) is 0 Å². The molecular formula is C16H17ClN4O2. The molecule has 7 heteroatoms. The molecule has 0 atom stereocenters. The smallest absolute Gasteiger partial charge is 0.241 e. The molecule has 1 heterocycles. The maximum absolute atomic E-state index is 12.3. The van der Waals surface area contributed by atoms with Gasteiger partial charge >= 0.3 is 0 Å². The Morgan fingerprint density at radius 3 is 2.70 bits per heavy atom. The number of nitrogens with zero attached hydrogens (tertiary/aromatic N) is 2. The first-order valence-electron chi connectivity index (χ1n) is 7.31. The van der Waals surface area contributed by atoms with Crippen LogP contribution < -0.4 is 11.1 Å². The van der Waals surface area contributed by atoms with Crippen molar-refractivity contribution in [2.45, 2.75) is 26.3 Å². The molecule has 1 saturated carbocycles. The summed E-state index contributed by atoms with van der Waals surface area (Å²) in [6, 6.07) is 9.20. The number of nitrogens with one attached hydrogen (secondary N) is 1. The van der Waals surface area contributed by atoms with E-state index in [1.807, 2.05) is 25.1 Å². The summed E-state index contributed by atoms with van der Waals surface area (Å²) < 4.78 is 1.66. The van der Waals surface area contributed by atoms with E-state index in [0.29, 0.717) is 30.2 Å². The third-order valence-electron chi connectivity index (χ3n) is 4.08. The number of primary amides is 1. The molecule has 0 unspecified atom stereocenters. The van der Waals surface area contributed by atoms with Crippen molar-refractivity contribution < 1.29 is 9.59 Å². The summed E-state index contributed by atoms with van der Waals surface area (Å²) in [5.41, 5.74) is 5.93. The van der Waals surface area contributed by atoms with Crippen LogP contribution in [0.15, 0.2) is 30.3 Å². The van der Waals surface area contributed by atoms with Crippen LogP contribution in [-0.2, 0) is 16.1 Å². The van der Waals surface area contributed by atoms with Gasteiger partial charge in [0.05, 0.1) is 12.2 Å². The molecule has 1 aromatic carbocycles. The molecule has 0 spiro atoms. The Balaban J connectivity index is 1.83. The molecule has 23 heavy (non-hydrogen) atoms. The van der Waals surface area contributed by atoms with E-state index >= 15 is 0 Å². The lowest BCUT2D eigenvalue weighted by atomic mass is 10.1. The van der Waals surface area contributed by atoms with Gasteiger partial charge in [0, 0.05) is 11.1 Å². The topological polar surface area (TPSA) is 90.0 Å². The van der Waals surface area contributed by atoms with Crippen LogP contribution in [-0.4, -0.2) is 21.6 Å². The highest BCUT2D eigenvalue weighted by Gasteiger charge is 2.55. The number of rotatable bonds is 5. The molecule has 0 aliphatic heterocycles. The van der Waals surface area contributed by atoms with Gasteiger partial charge in [0.25, 0.3) is 0 Å². The molecule has 0 radical (unpaired) electrons. The van der Waals surface area contributed by atoms with E-state index in [-0.39, 0.29) is 5.91 Å². The van der Waals surface area contributed by atoms with Gasteiger partial charge in [-0.1, -0.05) is 29.8 Å². The summed E-state index contributed by atoms with van der Waals surface area (Å²) in [5.74, 6) is -0.422. The van der Waals surface area contributed by atoms with Crippen molar-refractivity contribution in [2.75, 3.05) is 5.32 Å². The minimum Gasteiger partial charge on any atom is -0.369 e. The van der Waals surface area contributed by atoms with Crippen LogP contribution in [0, 0.1) is 12.3 Å². The van der Waals surface area contributed by atoms with Crippen molar-refractivity contribution in [3.05, 3.63) is 46.6 Å². The van der Waals surface area contributed by atoms with E-state index in [0.717, 1.165) is 11.3 Å². The molecule has 3 N–H and O–H groups in total. The number of aryl methyl sites for hydroxylation is 1. The van der Waals surface area contributed by atoms with Gasteiger partial charge in [-0.2, -0.15) is 5.10 Å². The zero-order valence-electron chi connectivity index (χ0n) is 12.7. The fourth-order valence-electron chi connectivity index (χ4n) is 2.50. The van der Waals surface area contributed by atoms with Crippen LogP contribution in [0.3, 0.4) is 0 Å². The molecule has 0 saturated heterocycles. The Bertz CT molecular complexity index is 780. The molecule has 2 aromatic rings. The van der Waals surface area contributed by atoms with Crippen LogP contribution >= 0.6 is 11.6 Å². The number of halogens is 1. The predicted molar refractivity (Wildman–Crippen MR) is 87.0 cm³/mol. The van der Waals surface area contributed by atoms with Gasteiger partial charge < -0.3 is 11.1 Å². The SMILES string of the molecule is Cc1cc(NC(=O)C2(C(N)=O)CC2)n(Cc2ccccc2Cl)n1. The second-order valence-corrected chi connectivity index (χ2v) is 6.23. The number of aromatic nitrogens is 2. The Kier molecular flexibility index (Phi) is 3.85. The van der Waals surface area contributed by atoms with Crippen LogP contribution in [0.2, 0.25) is 5.02 Å². The van der Waals surface area contributed by atoms with E-state index in [1.165, 1.54) is 0 Å². The highest BCUT2D eigenvalue weighted by molar-refractivity contribution is 6.31. The number of amides is 2. The Hall–Kier alpha value is -2.34. The first-order valence-corrected chi connectivity index (χ1v) is 7.69. The highest BCUT2D eigenvalue weighted by atomic mass is 35.5. The summed E-state index contributed by atoms with van der Waals surface area (Å²) in [5, 5.41) is 7.78. The van der Waals surface area contributed by atoms with Gasteiger partial charge in [0.2, 0.25) is 11.8 Å². The summed E-state index contributed by atoms with van der Waals surface area (Å²) in [6.07, 6.45) is 0.984. The van der Waals surface area contributed by atoms with Crippen LogP contribution in [0.4, 0.5) is 5.82 Å². The van der Waals surface area contributed by atoms with Crippen LogP contribution in [0.5, 0.6) is 0 Å². The largest absolute Gasteiger partial charge is 0.369 e. The number of carbonyl (C=O) groups excluding carboxylic acids is 2. The minimum absolute atomic E-state index is 0.370. The molecule has 6 nitrogen and oxygen atoms in total. The Morgan fingerprint density at radius 2 is 2.09 bits per heavy atom. The molecule has 3 rings (SSSR count). The van der Waals surface area contributed by atoms with Crippen molar-refractivity contribution in [2.24, 2.45) is 11.1 Å². The first kappa shape index (κ1) is 15.6. The Labute approximate surface area is 138 Å². The number of anilines is 1. The van der Waals surface area contributed by atoms with E-state index in [1.54, 1.807) is 16.8 Å². The molecule has 1 aromatic heterocycles. The molecule has 1 aliphatic rings. The van der Waals surface area contributed by atoms with Gasteiger partial charge in [-0.05, 0) is 31.4 Å². The molecule has 1 fully saturated rings. The van der Waals surface area contributed by atoms with E-state index < -0.39 is 11.3 Å². The van der Waals surface area contributed by atoms with Crippen molar-refractivity contribution in [1.82, 2.24) is 9.78 Å².